The second-order valence-electron chi connectivity index (χ2n) is 8.38. The average molecular weight is 473 g/mol. The number of amides is 1. The number of nitrogens with zero attached hydrogens (tertiary/aromatic N) is 1. The number of carbonyl (C=O) groups is 2. The van der Waals surface area contributed by atoms with Crippen molar-refractivity contribution < 1.29 is 19.4 Å². The van der Waals surface area contributed by atoms with Gasteiger partial charge < -0.3 is 25.9 Å². The second-order valence-corrected chi connectivity index (χ2v) is 8.38. The Bertz CT molecular complexity index is 1290. The molecule has 5 N–H and O–H groups in total. The minimum absolute atomic E-state index is 0.167. The van der Waals surface area contributed by atoms with Crippen LogP contribution >= 0.6 is 0 Å². The molecule has 0 aliphatic carbocycles. The van der Waals surface area contributed by atoms with Crippen LogP contribution in [0.3, 0.4) is 0 Å². The van der Waals surface area contributed by atoms with Crippen LogP contribution in [0.25, 0.3) is 22.0 Å². The third kappa shape index (κ3) is 6.45. The van der Waals surface area contributed by atoms with E-state index in [0.29, 0.717) is 25.1 Å². The maximum Gasteiger partial charge on any atom is 0.405 e. The molecule has 4 aromatic rings. The molecule has 8 nitrogen and oxygen atoms in total. The van der Waals surface area contributed by atoms with E-state index in [-0.39, 0.29) is 6.61 Å². The summed E-state index contributed by atoms with van der Waals surface area (Å²) in [7, 11) is 0. The molecule has 0 aliphatic heterocycles. The van der Waals surface area contributed by atoms with E-state index >= 15 is 0 Å². The number of rotatable bonds is 10. The first-order chi connectivity index (χ1) is 17.0. The van der Waals surface area contributed by atoms with Gasteiger partial charge in [-0.2, -0.15) is 0 Å². The lowest BCUT2D eigenvalue weighted by Gasteiger charge is -2.16. The Balaban J connectivity index is 1.35. The lowest BCUT2D eigenvalue weighted by molar-refractivity contribution is -0.146. The van der Waals surface area contributed by atoms with Gasteiger partial charge in [-0.15, -0.1) is 0 Å². The highest BCUT2D eigenvalue weighted by atomic mass is 16.5. The maximum atomic E-state index is 12.2. The number of hydrogen-bond donors (Lipinski definition) is 4. The van der Waals surface area contributed by atoms with Crippen LogP contribution in [-0.2, 0) is 16.1 Å². The zero-order valence-corrected chi connectivity index (χ0v) is 19.2. The SMILES string of the molecule is NC(CCC[C@H](NC(=O)O)c1ncc(-c2ccc3ccccc3c2)[nH]1)C(=O)OCc1ccccc1. The highest BCUT2D eigenvalue weighted by molar-refractivity contribution is 5.86. The Kier molecular flexibility index (Phi) is 7.74. The highest BCUT2D eigenvalue weighted by Gasteiger charge is 2.20. The van der Waals surface area contributed by atoms with Gasteiger partial charge in [0.25, 0.3) is 0 Å². The molecule has 180 valence electrons. The van der Waals surface area contributed by atoms with E-state index in [1.54, 1.807) is 6.20 Å². The molecule has 0 saturated heterocycles. The third-order valence-electron chi connectivity index (χ3n) is 5.82. The molecule has 0 radical (unpaired) electrons. The number of esters is 1. The first-order valence-electron chi connectivity index (χ1n) is 11.5. The van der Waals surface area contributed by atoms with Crippen molar-refractivity contribution in [2.24, 2.45) is 5.73 Å². The molecular weight excluding hydrogens is 444 g/mol. The molecule has 8 heteroatoms. The number of benzene rings is 3. The summed E-state index contributed by atoms with van der Waals surface area (Å²) in [5, 5.41) is 14.1. The molecular formula is C27H28N4O4. The molecule has 1 aromatic heterocycles. The van der Waals surface area contributed by atoms with E-state index in [1.807, 2.05) is 66.7 Å². The number of nitrogens with two attached hydrogens (primary N) is 1. The molecule has 0 bridgehead atoms. The van der Waals surface area contributed by atoms with Crippen LogP contribution in [0, 0.1) is 0 Å². The fourth-order valence-electron chi connectivity index (χ4n) is 3.94. The molecule has 1 heterocycles. The van der Waals surface area contributed by atoms with Crippen LogP contribution in [0.15, 0.2) is 79.0 Å². The summed E-state index contributed by atoms with van der Waals surface area (Å²) < 4.78 is 5.29. The summed E-state index contributed by atoms with van der Waals surface area (Å²) in [4.78, 5) is 31.3. The molecule has 1 amide bonds. The van der Waals surface area contributed by atoms with Crippen molar-refractivity contribution >= 4 is 22.8 Å². The maximum absolute atomic E-state index is 12.2. The number of nitrogens with one attached hydrogen (secondary N) is 2. The van der Waals surface area contributed by atoms with Crippen LogP contribution in [-0.4, -0.2) is 33.2 Å². The number of fused-ring (bicyclic) bond motifs is 1. The van der Waals surface area contributed by atoms with Gasteiger partial charge in [0.15, 0.2) is 0 Å². The van der Waals surface area contributed by atoms with E-state index < -0.39 is 24.1 Å². The number of carboxylic acid groups (broad SMARTS) is 1. The van der Waals surface area contributed by atoms with Crippen molar-refractivity contribution in [1.82, 2.24) is 15.3 Å². The number of aromatic amines is 1. The molecule has 0 fully saturated rings. The summed E-state index contributed by atoms with van der Waals surface area (Å²) in [6.07, 6.45) is 1.85. The predicted octanol–water partition coefficient (Wildman–Crippen LogP) is 4.78. The molecule has 4 rings (SSSR count). The molecule has 0 aliphatic rings. The highest BCUT2D eigenvalue weighted by Crippen LogP contribution is 2.25. The van der Waals surface area contributed by atoms with Gasteiger partial charge in [0, 0.05) is 5.56 Å². The van der Waals surface area contributed by atoms with Gasteiger partial charge in [-0.3, -0.25) is 4.79 Å². The largest absolute Gasteiger partial charge is 0.465 e. The molecule has 0 saturated carbocycles. The van der Waals surface area contributed by atoms with E-state index in [0.717, 1.165) is 27.6 Å². The van der Waals surface area contributed by atoms with E-state index in [4.69, 9.17) is 10.5 Å². The smallest absolute Gasteiger partial charge is 0.405 e. The number of ether oxygens (including phenoxy) is 1. The van der Waals surface area contributed by atoms with Crippen LogP contribution in [0.5, 0.6) is 0 Å². The Hall–Kier alpha value is -4.17. The van der Waals surface area contributed by atoms with Crippen LogP contribution in [0.2, 0.25) is 0 Å². The van der Waals surface area contributed by atoms with Gasteiger partial charge >= 0.3 is 12.1 Å². The van der Waals surface area contributed by atoms with Gasteiger partial charge in [-0.05, 0) is 41.7 Å². The monoisotopic (exact) mass is 472 g/mol. The van der Waals surface area contributed by atoms with Gasteiger partial charge in [0.2, 0.25) is 0 Å². The van der Waals surface area contributed by atoms with Crippen molar-refractivity contribution in [3.63, 3.8) is 0 Å². The Morgan fingerprint density at radius 2 is 1.74 bits per heavy atom. The number of H-pyrrole nitrogens is 1. The van der Waals surface area contributed by atoms with E-state index in [2.05, 4.69) is 21.4 Å². The summed E-state index contributed by atoms with van der Waals surface area (Å²) in [6, 6.07) is 22.2. The summed E-state index contributed by atoms with van der Waals surface area (Å²) >= 11 is 0. The third-order valence-corrected chi connectivity index (χ3v) is 5.82. The predicted molar refractivity (Wildman–Crippen MR) is 133 cm³/mol. The number of imidazole rings is 1. The van der Waals surface area contributed by atoms with Gasteiger partial charge in [0.1, 0.15) is 18.5 Å². The molecule has 1 unspecified atom stereocenters. The Morgan fingerprint density at radius 1 is 1.00 bits per heavy atom. The van der Waals surface area contributed by atoms with Crippen molar-refractivity contribution in [2.75, 3.05) is 0 Å². The van der Waals surface area contributed by atoms with Gasteiger partial charge in [0.05, 0.1) is 17.9 Å². The van der Waals surface area contributed by atoms with Crippen molar-refractivity contribution in [3.8, 4) is 11.3 Å². The fraction of sp³-hybridized carbons (Fsp3) is 0.222. The lowest BCUT2D eigenvalue weighted by atomic mass is 10.0. The fourth-order valence-corrected chi connectivity index (χ4v) is 3.94. The Labute approximate surface area is 203 Å². The molecule has 2 atom stereocenters. The van der Waals surface area contributed by atoms with E-state index in [1.165, 1.54) is 0 Å². The van der Waals surface area contributed by atoms with Crippen molar-refractivity contribution in [2.45, 2.75) is 38.0 Å². The minimum atomic E-state index is -1.15. The summed E-state index contributed by atoms with van der Waals surface area (Å²) in [6.45, 7) is 0.167. The zero-order valence-electron chi connectivity index (χ0n) is 19.2. The van der Waals surface area contributed by atoms with Crippen LogP contribution in [0.1, 0.15) is 36.7 Å². The number of hydrogen-bond acceptors (Lipinski definition) is 5. The second kappa shape index (κ2) is 11.3. The van der Waals surface area contributed by atoms with E-state index in [9.17, 15) is 14.7 Å². The summed E-state index contributed by atoms with van der Waals surface area (Å²) in [5.74, 6) is 0.0315. The first kappa shape index (κ1) is 24.0. The molecule has 0 spiro atoms. The topological polar surface area (TPSA) is 130 Å². The lowest BCUT2D eigenvalue weighted by Crippen LogP contribution is -2.33. The van der Waals surface area contributed by atoms with Crippen molar-refractivity contribution in [1.29, 1.82) is 0 Å². The first-order valence-corrected chi connectivity index (χ1v) is 11.5. The molecule has 3 aromatic carbocycles. The molecule has 35 heavy (non-hydrogen) atoms. The standard InChI is InChI=1S/C27H28N4O4/c28-22(26(32)35-17-18-7-2-1-3-8-18)11-6-12-23(31-27(33)34)25-29-16-24(30-25)21-14-13-19-9-4-5-10-20(19)15-21/h1-5,7-10,13-16,22-23,31H,6,11-12,17,28H2,(H,29,30)(H,33,34)/t22?,23-/m0/s1. The van der Waals surface area contributed by atoms with Crippen LogP contribution < -0.4 is 11.1 Å². The minimum Gasteiger partial charge on any atom is -0.465 e. The zero-order chi connectivity index (χ0) is 24.6. The quantitative estimate of drug-likeness (QED) is 0.246. The van der Waals surface area contributed by atoms with Crippen LogP contribution in [0.4, 0.5) is 4.79 Å². The summed E-state index contributed by atoms with van der Waals surface area (Å²) in [5.41, 5.74) is 8.64. The Morgan fingerprint density at radius 3 is 2.51 bits per heavy atom. The average Bonchev–Trinajstić information content (AvgIpc) is 3.37. The number of aromatic nitrogens is 2. The normalized spacial score (nSPS) is 12.7. The van der Waals surface area contributed by atoms with Gasteiger partial charge in [-0.1, -0.05) is 66.7 Å². The number of carbonyl (C=O) groups excluding carboxylic acids is 1. The van der Waals surface area contributed by atoms with Crippen molar-refractivity contribution in [3.05, 3.63) is 90.4 Å². The van der Waals surface area contributed by atoms with Gasteiger partial charge in [-0.25, -0.2) is 9.78 Å².